The average molecular weight is 488 g/mol. The van der Waals surface area contributed by atoms with E-state index in [0.717, 1.165) is 46.6 Å². The molecule has 0 aliphatic carbocycles. The zero-order valence-electron chi connectivity index (χ0n) is 18.2. The minimum atomic E-state index is -3.69. The maximum absolute atomic E-state index is 13.5. The van der Waals surface area contributed by atoms with E-state index in [1.165, 1.54) is 16.4 Å². The first kappa shape index (κ1) is 22.4. The minimum absolute atomic E-state index is 0.00960. The quantitative estimate of drug-likeness (QED) is 0.540. The number of para-hydroxylation sites is 1. The molecule has 1 amide bonds. The summed E-state index contributed by atoms with van der Waals surface area (Å²) in [7, 11) is -3.69. The lowest BCUT2D eigenvalue weighted by molar-refractivity contribution is -0.140. The van der Waals surface area contributed by atoms with Crippen LogP contribution in [0, 0.1) is 11.7 Å². The van der Waals surface area contributed by atoms with E-state index in [2.05, 4.69) is 6.07 Å². The largest absolute Gasteiger partial charge is 0.333 e. The van der Waals surface area contributed by atoms with Gasteiger partial charge >= 0.3 is 0 Å². The summed E-state index contributed by atoms with van der Waals surface area (Å²) >= 11 is 1.65. The first-order valence-corrected chi connectivity index (χ1v) is 13.6. The zero-order chi connectivity index (χ0) is 23.0. The third kappa shape index (κ3) is 4.41. The molecule has 2 saturated heterocycles. The minimum Gasteiger partial charge on any atom is -0.333 e. The number of fused-ring (bicyclic) bond motifs is 1. The fourth-order valence-corrected chi connectivity index (χ4v) is 7.40. The summed E-state index contributed by atoms with van der Waals surface area (Å²) in [6.07, 6.45) is 3.93. The van der Waals surface area contributed by atoms with Crippen molar-refractivity contribution in [3.63, 3.8) is 0 Å². The predicted molar refractivity (Wildman–Crippen MR) is 126 cm³/mol. The molecule has 33 heavy (non-hydrogen) atoms. The summed E-state index contributed by atoms with van der Waals surface area (Å²) in [5, 5.41) is 0.987. The van der Waals surface area contributed by atoms with E-state index in [-0.39, 0.29) is 35.9 Å². The molecular weight excluding hydrogens is 461 g/mol. The van der Waals surface area contributed by atoms with E-state index in [4.69, 9.17) is 4.98 Å². The van der Waals surface area contributed by atoms with Gasteiger partial charge in [0, 0.05) is 25.6 Å². The normalized spacial score (nSPS) is 20.9. The maximum atomic E-state index is 13.5. The molecule has 3 heterocycles. The number of nitrogens with zero attached hydrogens (tertiary/aromatic N) is 3. The van der Waals surface area contributed by atoms with E-state index < -0.39 is 15.8 Å². The Morgan fingerprint density at radius 2 is 1.70 bits per heavy atom. The third-order valence-electron chi connectivity index (χ3n) is 6.64. The Hall–Kier alpha value is -2.36. The molecule has 2 aliphatic heterocycles. The lowest BCUT2D eigenvalue weighted by atomic mass is 9.93. The van der Waals surface area contributed by atoms with Crippen molar-refractivity contribution in [1.29, 1.82) is 0 Å². The van der Waals surface area contributed by atoms with Gasteiger partial charge in [0.1, 0.15) is 10.8 Å². The molecule has 9 heteroatoms. The Bertz CT molecular complexity index is 1220. The Balaban J connectivity index is 1.29. The number of thiazole rings is 1. The van der Waals surface area contributed by atoms with E-state index in [9.17, 15) is 17.6 Å². The van der Waals surface area contributed by atoms with Gasteiger partial charge in [0.15, 0.2) is 0 Å². The number of rotatable bonds is 4. The van der Waals surface area contributed by atoms with Crippen LogP contribution in [-0.4, -0.2) is 48.1 Å². The van der Waals surface area contributed by atoms with Crippen LogP contribution in [0.1, 0.15) is 43.2 Å². The van der Waals surface area contributed by atoms with Crippen molar-refractivity contribution >= 4 is 37.5 Å². The SMILES string of the molecule is O=C(C1CCN(S(=O)(=O)c2ccc(F)cc2)CC1)N1CCCC[C@H]1c1nc2ccccc2s1. The smallest absolute Gasteiger partial charge is 0.243 e. The molecular formula is C24H26FN3O3S2. The number of benzene rings is 2. The van der Waals surface area contributed by atoms with Crippen molar-refractivity contribution in [2.75, 3.05) is 19.6 Å². The molecule has 0 unspecified atom stereocenters. The highest BCUT2D eigenvalue weighted by molar-refractivity contribution is 7.89. The maximum Gasteiger partial charge on any atom is 0.243 e. The van der Waals surface area contributed by atoms with Gasteiger partial charge in [-0.3, -0.25) is 4.79 Å². The van der Waals surface area contributed by atoms with Crippen molar-refractivity contribution in [1.82, 2.24) is 14.2 Å². The van der Waals surface area contributed by atoms with Crippen LogP contribution in [0.3, 0.4) is 0 Å². The highest BCUT2D eigenvalue weighted by Gasteiger charge is 2.37. The van der Waals surface area contributed by atoms with Gasteiger partial charge < -0.3 is 4.90 Å². The summed E-state index contributed by atoms with van der Waals surface area (Å²) < 4.78 is 41.5. The Kier molecular flexibility index (Phi) is 6.20. The molecule has 1 aromatic heterocycles. The number of halogens is 1. The number of aromatic nitrogens is 1. The molecule has 2 aromatic carbocycles. The van der Waals surface area contributed by atoms with E-state index in [0.29, 0.717) is 19.4 Å². The average Bonchev–Trinajstić information content (AvgIpc) is 3.28. The summed E-state index contributed by atoms with van der Waals surface area (Å²) in [4.78, 5) is 20.4. The molecule has 2 fully saturated rings. The molecule has 1 atom stereocenters. The summed E-state index contributed by atoms with van der Waals surface area (Å²) in [6.45, 7) is 1.29. The van der Waals surface area contributed by atoms with Crippen LogP contribution in [0.15, 0.2) is 53.4 Å². The molecule has 0 saturated carbocycles. The van der Waals surface area contributed by atoms with Gasteiger partial charge in [0.2, 0.25) is 15.9 Å². The standard InChI is InChI=1S/C24H26FN3O3S2/c25-18-8-10-19(11-9-18)33(30,31)27-15-12-17(13-16-27)24(29)28-14-4-3-6-21(28)23-26-20-5-1-2-7-22(20)32-23/h1-2,5,7-11,17,21H,3-4,6,12-16H2/t21-/m0/s1. The second kappa shape index (κ2) is 9.12. The van der Waals surface area contributed by atoms with Crippen molar-refractivity contribution in [3.05, 3.63) is 59.4 Å². The number of sulfonamides is 1. The first-order chi connectivity index (χ1) is 15.9. The van der Waals surface area contributed by atoms with E-state index >= 15 is 0 Å². The van der Waals surface area contributed by atoms with E-state index in [1.54, 1.807) is 11.3 Å². The number of piperidine rings is 2. The van der Waals surface area contributed by atoms with Gasteiger partial charge in [-0.1, -0.05) is 12.1 Å². The van der Waals surface area contributed by atoms with Gasteiger partial charge in [0.05, 0.1) is 21.2 Å². The number of hydrogen-bond donors (Lipinski definition) is 0. The van der Waals surface area contributed by atoms with Crippen molar-refractivity contribution in [3.8, 4) is 0 Å². The highest BCUT2D eigenvalue weighted by atomic mass is 32.2. The van der Waals surface area contributed by atoms with Crippen molar-refractivity contribution in [2.24, 2.45) is 5.92 Å². The molecule has 0 N–H and O–H groups in total. The fourth-order valence-electron chi connectivity index (χ4n) is 4.82. The van der Waals surface area contributed by atoms with Crippen LogP contribution in [-0.2, 0) is 14.8 Å². The molecule has 5 rings (SSSR count). The lowest BCUT2D eigenvalue weighted by Gasteiger charge is -2.39. The monoisotopic (exact) mass is 487 g/mol. The van der Waals surface area contributed by atoms with Crippen LogP contribution >= 0.6 is 11.3 Å². The summed E-state index contributed by atoms with van der Waals surface area (Å²) in [5.74, 6) is -0.556. The molecule has 0 spiro atoms. The molecule has 0 bridgehead atoms. The topological polar surface area (TPSA) is 70.6 Å². The van der Waals surface area contributed by atoms with Gasteiger partial charge in [-0.2, -0.15) is 4.31 Å². The molecule has 2 aliphatic rings. The Labute approximate surface area is 197 Å². The molecule has 3 aromatic rings. The van der Waals surface area contributed by atoms with Gasteiger partial charge in [-0.05, 0) is 68.5 Å². The van der Waals surface area contributed by atoms with Crippen LogP contribution in [0.25, 0.3) is 10.2 Å². The van der Waals surface area contributed by atoms with Crippen molar-refractivity contribution < 1.29 is 17.6 Å². The summed E-state index contributed by atoms with van der Waals surface area (Å²) in [5.41, 5.74) is 0.967. The van der Waals surface area contributed by atoms with Crippen LogP contribution < -0.4 is 0 Å². The Morgan fingerprint density at radius 3 is 2.42 bits per heavy atom. The molecule has 6 nitrogen and oxygen atoms in total. The first-order valence-electron chi connectivity index (χ1n) is 11.3. The third-order valence-corrected chi connectivity index (χ3v) is 9.69. The highest BCUT2D eigenvalue weighted by Crippen LogP contribution is 2.37. The van der Waals surface area contributed by atoms with Gasteiger partial charge in [-0.25, -0.2) is 17.8 Å². The van der Waals surface area contributed by atoms with Gasteiger partial charge in [-0.15, -0.1) is 11.3 Å². The number of carbonyl (C=O) groups excluding carboxylic acids is 1. The number of amides is 1. The number of carbonyl (C=O) groups is 1. The number of likely N-dealkylation sites (tertiary alicyclic amines) is 1. The summed E-state index contributed by atoms with van der Waals surface area (Å²) in [6, 6.07) is 12.9. The van der Waals surface area contributed by atoms with Gasteiger partial charge in [0.25, 0.3) is 0 Å². The van der Waals surface area contributed by atoms with Crippen LogP contribution in [0.2, 0.25) is 0 Å². The second-order valence-corrected chi connectivity index (χ2v) is 11.7. The van der Waals surface area contributed by atoms with E-state index in [1.807, 2.05) is 23.1 Å². The lowest BCUT2D eigenvalue weighted by Crippen LogP contribution is -2.46. The second-order valence-electron chi connectivity index (χ2n) is 8.70. The zero-order valence-corrected chi connectivity index (χ0v) is 19.8. The number of hydrogen-bond acceptors (Lipinski definition) is 5. The predicted octanol–water partition coefficient (Wildman–Crippen LogP) is 4.59. The van der Waals surface area contributed by atoms with Crippen LogP contribution in [0.5, 0.6) is 0 Å². The van der Waals surface area contributed by atoms with Crippen LogP contribution in [0.4, 0.5) is 4.39 Å². The molecule has 0 radical (unpaired) electrons. The Morgan fingerprint density at radius 1 is 0.970 bits per heavy atom. The fraction of sp³-hybridized carbons (Fsp3) is 0.417. The van der Waals surface area contributed by atoms with Crippen molar-refractivity contribution in [2.45, 2.75) is 43.0 Å². The molecule has 174 valence electrons.